The van der Waals surface area contributed by atoms with Crippen molar-refractivity contribution in [1.82, 2.24) is 0 Å². The van der Waals surface area contributed by atoms with E-state index in [4.69, 9.17) is 9.47 Å². The van der Waals surface area contributed by atoms with E-state index in [9.17, 15) is 5.26 Å². The fourth-order valence-electron chi connectivity index (χ4n) is 2.67. The number of unbranched alkanes of at least 4 members (excludes halogenated alkanes) is 6. The first kappa shape index (κ1) is 23.3. The lowest BCUT2D eigenvalue weighted by Crippen LogP contribution is -2.05. The summed E-state index contributed by atoms with van der Waals surface area (Å²) in [5.74, 6) is 1.61. The van der Waals surface area contributed by atoms with Gasteiger partial charge in [-0.2, -0.15) is 5.26 Å². The molecule has 1 aromatic carbocycles. The van der Waals surface area contributed by atoms with E-state index < -0.39 is 4.83 Å². The average molecular weight is 489 g/mol. The van der Waals surface area contributed by atoms with Crippen LogP contribution >= 0.6 is 31.9 Å². The number of nitrogens with zero attached hydrogens (tertiary/aromatic N) is 1. The van der Waals surface area contributed by atoms with Crippen LogP contribution in [0.1, 0.15) is 81.2 Å². The summed E-state index contributed by atoms with van der Waals surface area (Å²) >= 11 is 6.99. The summed E-state index contributed by atoms with van der Waals surface area (Å²) in [4.78, 5) is -0.403. The third-order valence-electron chi connectivity index (χ3n) is 4.23. The number of hydrogen-bond acceptors (Lipinski definition) is 3. The Morgan fingerprint density at radius 3 is 2.00 bits per heavy atom. The molecule has 0 aliphatic heterocycles. The van der Waals surface area contributed by atoms with Crippen LogP contribution in [0.3, 0.4) is 0 Å². The van der Waals surface area contributed by atoms with Crippen molar-refractivity contribution in [2.75, 3.05) is 13.2 Å². The van der Waals surface area contributed by atoms with Crippen molar-refractivity contribution in [2.24, 2.45) is 0 Å². The van der Waals surface area contributed by atoms with Crippen LogP contribution in [0.4, 0.5) is 0 Å². The molecular formula is C21H31Br2NO2. The zero-order chi connectivity index (χ0) is 19.2. The molecule has 3 nitrogen and oxygen atoms in total. The normalized spacial score (nSPS) is 11.8. The predicted molar refractivity (Wildman–Crippen MR) is 116 cm³/mol. The van der Waals surface area contributed by atoms with Gasteiger partial charge in [-0.25, -0.2) is 0 Å². The van der Waals surface area contributed by atoms with Crippen molar-refractivity contribution in [3.05, 3.63) is 23.3 Å². The van der Waals surface area contributed by atoms with Gasteiger partial charge in [0.05, 0.1) is 19.3 Å². The molecule has 5 heteroatoms. The lowest BCUT2D eigenvalue weighted by molar-refractivity contribution is 0.293. The first-order valence-electron chi connectivity index (χ1n) is 9.69. The number of nitriles is 1. The molecule has 0 radical (unpaired) electrons. The average Bonchev–Trinajstić information content (AvgIpc) is 2.67. The van der Waals surface area contributed by atoms with E-state index in [1.54, 1.807) is 0 Å². The monoisotopic (exact) mass is 487 g/mol. The summed E-state index contributed by atoms with van der Waals surface area (Å²) in [6.07, 6.45) is 9.34. The van der Waals surface area contributed by atoms with E-state index in [-0.39, 0.29) is 0 Å². The molecule has 0 heterocycles. The highest BCUT2D eigenvalue weighted by atomic mass is 79.9. The zero-order valence-electron chi connectivity index (χ0n) is 16.0. The molecule has 0 saturated carbocycles. The van der Waals surface area contributed by atoms with E-state index in [1.807, 2.05) is 12.1 Å². The van der Waals surface area contributed by atoms with Crippen molar-refractivity contribution in [3.8, 4) is 17.6 Å². The Labute approximate surface area is 175 Å². The molecule has 0 aromatic heterocycles. The van der Waals surface area contributed by atoms with Crippen LogP contribution in [0, 0.1) is 11.3 Å². The summed E-state index contributed by atoms with van der Waals surface area (Å²) in [7, 11) is 0. The molecule has 0 amide bonds. The van der Waals surface area contributed by atoms with Gasteiger partial charge in [0, 0.05) is 16.5 Å². The maximum absolute atomic E-state index is 9.34. The van der Waals surface area contributed by atoms with Crippen LogP contribution < -0.4 is 9.47 Å². The standard InChI is InChI=1S/C21H31Br2NO2/c1-3-5-7-9-11-25-20-14-18(19(23)16-24)21(13-17(20)15-22)26-12-10-8-6-4-2/h13-14,19H,3-12,15H2,1-2H3. The van der Waals surface area contributed by atoms with Gasteiger partial charge < -0.3 is 9.47 Å². The molecule has 146 valence electrons. The van der Waals surface area contributed by atoms with E-state index >= 15 is 0 Å². The molecule has 0 aliphatic rings. The summed E-state index contributed by atoms with van der Waals surface area (Å²) in [5, 5.41) is 10.0. The first-order valence-corrected chi connectivity index (χ1v) is 11.7. The van der Waals surface area contributed by atoms with Gasteiger partial charge in [0.1, 0.15) is 16.3 Å². The predicted octanol–water partition coefficient (Wildman–Crippen LogP) is 7.46. The molecule has 0 spiro atoms. The second-order valence-electron chi connectivity index (χ2n) is 6.44. The topological polar surface area (TPSA) is 42.2 Å². The molecule has 0 saturated heterocycles. The molecular weight excluding hydrogens is 458 g/mol. The lowest BCUT2D eigenvalue weighted by atomic mass is 10.1. The van der Waals surface area contributed by atoms with Crippen molar-refractivity contribution in [3.63, 3.8) is 0 Å². The highest BCUT2D eigenvalue weighted by Gasteiger charge is 2.17. The molecule has 1 rings (SSSR count). The lowest BCUT2D eigenvalue weighted by Gasteiger charge is -2.17. The fraction of sp³-hybridized carbons (Fsp3) is 0.667. The second kappa shape index (κ2) is 14.3. The van der Waals surface area contributed by atoms with Gasteiger partial charge in [-0.05, 0) is 25.0 Å². The van der Waals surface area contributed by atoms with Crippen LogP contribution in [0.2, 0.25) is 0 Å². The minimum atomic E-state index is -0.403. The van der Waals surface area contributed by atoms with Gasteiger partial charge in [-0.3, -0.25) is 0 Å². The Bertz CT molecular complexity index is 558. The van der Waals surface area contributed by atoms with Gasteiger partial charge in [-0.1, -0.05) is 84.2 Å². The van der Waals surface area contributed by atoms with Crippen molar-refractivity contribution >= 4 is 31.9 Å². The largest absolute Gasteiger partial charge is 0.493 e. The molecule has 26 heavy (non-hydrogen) atoms. The number of hydrogen-bond donors (Lipinski definition) is 0. The summed E-state index contributed by atoms with van der Waals surface area (Å²) in [6.45, 7) is 5.78. The van der Waals surface area contributed by atoms with Crippen LogP contribution in [0.25, 0.3) is 0 Å². The zero-order valence-corrected chi connectivity index (χ0v) is 19.2. The Morgan fingerprint density at radius 1 is 0.923 bits per heavy atom. The van der Waals surface area contributed by atoms with Crippen molar-refractivity contribution in [2.45, 2.75) is 75.4 Å². The maximum Gasteiger partial charge on any atom is 0.130 e. The Kier molecular flexibility index (Phi) is 12.9. The molecule has 0 bridgehead atoms. The highest BCUT2D eigenvalue weighted by molar-refractivity contribution is 9.09. The molecule has 0 aliphatic carbocycles. The quantitative estimate of drug-likeness (QED) is 0.201. The number of halogens is 2. The Morgan fingerprint density at radius 2 is 1.50 bits per heavy atom. The third-order valence-corrected chi connectivity index (χ3v) is 5.54. The van der Waals surface area contributed by atoms with Gasteiger partial charge in [0.15, 0.2) is 0 Å². The van der Waals surface area contributed by atoms with E-state index in [0.29, 0.717) is 18.5 Å². The number of rotatable bonds is 14. The number of benzene rings is 1. The van der Waals surface area contributed by atoms with Crippen LogP contribution in [-0.2, 0) is 5.33 Å². The van der Waals surface area contributed by atoms with Gasteiger partial charge in [0.25, 0.3) is 0 Å². The van der Waals surface area contributed by atoms with Crippen molar-refractivity contribution in [1.29, 1.82) is 5.26 Å². The fourth-order valence-corrected chi connectivity index (χ4v) is 3.47. The second-order valence-corrected chi connectivity index (χ2v) is 7.92. The molecule has 0 N–H and O–H groups in total. The van der Waals surface area contributed by atoms with E-state index in [0.717, 1.165) is 35.5 Å². The van der Waals surface area contributed by atoms with E-state index in [2.05, 4.69) is 51.8 Å². The summed E-state index contributed by atoms with van der Waals surface area (Å²) < 4.78 is 12.0. The van der Waals surface area contributed by atoms with Crippen LogP contribution in [0.5, 0.6) is 11.5 Å². The Balaban J connectivity index is 2.83. The summed E-state index contributed by atoms with van der Waals surface area (Å²) in [5.41, 5.74) is 1.90. The van der Waals surface area contributed by atoms with Gasteiger partial charge >= 0.3 is 0 Å². The SMILES string of the molecule is CCCCCCOc1cc(C(Br)C#N)c(OCCCCCC)cc1CBr. The minimum Gasteiger partial charge on any atom is -0.493 e. The maximum atomic E-state index is 9.34. The van der Waals surface area contributed by atoms with E-state index in [1.165, 1.54) is 38.5 Å². The van der Waals surface area contributed by atoms with Gasteiger partial charge in [-0.15, -0.1) is 0 Å². The number of ether oxygens (including phenoxy) is 2. The summed E-state index contributed by atoms with van der Waals surface area (Å²) in [6, 6.07) is 6.22. The smallest absolute Gasteiger partial charge is 0.130 e. The van der Waals surface area contributed by atoms with Crippen LogP contribution in [-0.4, -0.2) is 13.2 Å². The first-order chi connectivity index (χ1) is 12.7. The third kappa shape index (κ3) is 8.31. The number of alkyl halides is 2. The Hall–Kier alpha value is -0.730. The van der Waals surface area contributed by atoms with Crippen LogP contribution in [0.15, 0.2) is 12.1 Å². The minimum absolute atomic E-state index is 0.403. The highest BCUT2D eigenvalue weighted by Crippen LogP contribution is 2.37. The van der Waals surface area contributed by atoms with Crippen molar-refractivity contribution < 1.29 is 9.47 Å². The van der Waals surface area contributed by atoms with Gasteiger partial charge in [0.2, 0.25) is 0 Å². The molecule has 1 unspecified atom stereocenters. The molecule has 1 aromatic rings. The molecule has 1 atom stereocenters. The molecule has 0 fully saturated rings.